The Balaban J connectivity index is 2.91. The van der Waals surface area contributed by atoms with Crippen molar-refractivity contribution in [2.24, 2.45) is 0 Å². The van der Waals surface area contributed by atoms with Gasteiger partial charge in [-0.2, -0.15) is 0 Å². The van der Waals surface area contributed by atoms with Crippen molar-refractivity contribution in [3.8, 4) is 0 Å². The second kappa shape index (κ2) is 6.87. The molecule has 0 aromatic carbocycles. The van der Waals surface area contributed by atoms with Gasteiger partial charge < -0.3 is 19.6 Å². The lowest BCUT2D eigenvalue weighted by atomic mass is 10.3. The van der Waals surface area contributed by atoms with Crippen molar-refractivity contribution >= 4 is 29.7 Å². The zero-order chi connectivity index (χ0) is 13.5. The van der Waals surface area contributed by atoms with Crippen LogP contribution < -0.4 is 5.32 Å². The number of halogens is 1. The minimum absolute atomic E-state index is 0.00191. The first-order valence-electron chi connectivity index (χ1n) is 4.94. The van der Waals surface area contributed by atoms with Crippen LogP contribution in [-0.2, 0) is 14.3 Å². The number of anilines is 1. The normalized spacial score (nSPS) is 11.7. The molecule has 7 nitrogen and oxygen atoms in total. The molecule has 1 aromatic rings. The number of ether oxygens (including phenoxy) is 2. The summed E-state index contributed by atoms with van der Waals surface area (Å²) in [5, 5.41) is 2.63. The molecule has 0 aliphatic rings. The van der Waals surface area contributed by atoms with E-state index in [0.717, 1.165) is 0 Å². The van der Waals surface area contributed by atoms with Crippen molar-refractivity contribution in [2.75, 3.05) is 26.1 Å². The molecule has 1 N–H and O–H groups in total. The van der Waals surface area contributed by atoms with Crippen LogP contribution in [0.3, 0.4) is 0 Å². The maximum absolute atomic E-state index is 11.3. The van der Waals surface area contributed by atoms with Gasteiger partial charge in [0.2, 0.25) is 5.28 Å². The van der Waals surface area contributed by atoms with Gasteiger partial charge in [0, 0.05) is 13.2 Å². The standard InChI is InChI=1S/C10H12ClN3O4/c1-17-5-6(4-15)12-8-3-7(9(16)18-2)13-10(11)14-8/h3-4,6H,5H2,1-2H3,(H,12,13,14). The highest BCUT2D eigenvalue weighted by Crippen LogP contribution is 2.12. The first-order chi connectivity index (χ1) is 8.60. The zero-order valence-electron chi connectivity index (χ0n) is 9.84. The SMILES string of the molecule is COCC(C=O)Nc1cc(C(=O)OC)nc(Cl)n1. The van der Waals surface area contributed by atoms with Crippen LogP contribution in [0.5, 0.6) is 0 Å². The van der Waals surface area contributed by atoms with Gasteiger partial charge in [-0.25, -0.2) is 14.8 Å². The topological polar surface area (TPSA) is 90.4 Å². The van der Waals surface area contributed by atoms with Crippen LogP contribution in [-0.4, -0.2) is 49.1 Å². The molecule has 1 aromatic heterocycles. The Bertz CT molecular complexity index is 441. The number of methoxy groups -OCH3 is 2. The second-order valence-corrected chi connectivity index (χ2v) is 3.58. The van der Waals surface area contributed by atoms with E-state index in [1.165, 1.54) is 20.3 Å². The van der Waals surface area contributed by atoms with Gasteiger partial charge in [0.1, 0.15) is 18.1 Å². The summed E-state index contributed by atoms with van der Waals surface area (Å²) in [4.78, 5) is 29.6. The Labute approximate surface area is 108 Å². The first kappa shape index (κ1) is 14.3. The quantitative estimate of drug-likeness (QED) is 0.459. The number of esters is 1. The van der Waals surface area contributed by atoms with Crippen molar-refractivity contribution in [3.05, 3.63) is 17.0 Å². The highest BCUT2D eigenvalue weighted by Gasteiger charge is 2.13. The minimum atomic E-state index is -0.642. The number of nitrogens with one attached hydrogen (secondary N) is 1. The second-order valence-electron chi connectivity index (χ2n) is 3.24. The number of hydrogen-bond acceptors (Lipinski definition) is 7. The molecule has 0 spiro atoms. The summed E-state index contributed by atoms with van der Waals surface area (Å²) in [5.41, 5.74) is 0.00191. The van der Waals surface area contributed by atoms with Gasteiger partial charge in [-0.1, -0.05) is 0 Å². The van der Waals surface area contributed by atoms with Crippen LogP contribution in [0.1, 0.15) is 10.5 Å². The van der Waals surface area contributed by atoms with Crippen LogP contribution in [0.25, 0.3) is 0 Å². The van der Waals surface area contributed by atoms with Gasteiger partial charge in [0.15, 0.2) is 5.69 Å². The van der Waals surface area contributed by atoms with Crippen molar-refractivity contribution in [1.29, 1.82) is 0 Å². The van der Waals surface area contributed by atoms with Gasteiger partial charge in [-0.3, -0.25) is 0 Å². The number of nitrogens with zero attached hydrogens (tertiary/aromatic N) is 2. The number of carbonyl (C=O) groups excluding carboxylic acids is 2. The van der Waals surface area contributed by atoms with Crippen LogP contribution in [0.2, 0.25) is 5.28 Å². The van der Waals surface area contributed by atoms with E-state index in [4.69, 9.17) is 16.3 Å². The van der Waals surface area contributed by atoms with E-state index in [1.54, 1.807) is 0 Å². The Morgan fingerprint density at radius 3 is 2.83 bits per heavy atom. The summed E-state index contributed by atoms with van der Waals surface area (Å²) in [7, 11) is 2.69. The molecule has 0 bridgehead atoms. The zero-order valence-corrected chi connectivity index (χ0v) is 10.6. The molecule has 1 rings (SSSR count). The average Bonchev–Trinajstić information content (AvgIpc) is 2.36. The maximum atomic E-state index is 11.3. The molecule has 1 unspecified atom stereocenters. The Morgan fingerprint density at radius 2 is 2.28 bits per heavy atom. The van der Waals surface area contributed by atoms with E-state index in [2.05, 4.69) is 20.0 Å². The molecule has 0 fully saturated rings. The Kier molecular flexibility index (Phi) is 5.47. The number of aldehydes is 1. The third-order valence-electron chi connectivity index (χ3n) is 1.94. The van der Waals surface area contributed by atoms with E-state index < -0.39 is 12.0 Å². The molecule has 1 heterocycles. The molecule has 0 saturated carbocycles. The molecule has 0 aliphatic carbocycles. The number of aromatic nitrogens is 2. The third kappa shape index (κ3) is 3.94. The smallest absolute Gasteiger partial charge is 0.356 e. The molecule has 0 aliphatic heterocycles. The van der Waals surface area contributed by atoms with Gasteiger partial charge in [0.25, 0.3) is 0 Å². The van der Waals surface area contributed by atoms with Crippen LogP contribution in [0.4, 0.5) is 5.82 Å². The first-order valence-corrected chi connectivity index (χ1v) is 5.32. The fourth-order valence-corrected chi connectivity index (χ4v) is 1.37. The molecule has 0 saturated heterocycles. The lowest BCUT2D eigenvalue weighted by Gasteiger charge is -2.12. The monoisotopic (exact) mass is 273 g/mol. The predicted octanol–water partition coefficient (Wildman–Crippen LogP) is 0.542. The molecular formula is C10H12ClN3O4. The number of hydrogen-bond donors (Lipinski definition) is 1. The Hall–Kier alpha value is -1.73. The van der Waals surface area contributed by atoms with Gasteiger partial charge >= 0.3 is 5.97 Å². The fraction of sp³-hybridized carbons (Fsp3) is 0.400. The molecular weight excluding hydrogens is 262 g/mol. The van der Waals surface area contributed by atoms with Gasteiger partial charge in [-0.05, 0) is 11.6 Å². The predicted molar refractivity (Wildman–Crippen MR) is 63.7 cm³/mol. The molecule has 1 atom stereocenters. The van der Waals surface area contributed by atoms with Crippen LogP contribution in [0.15, 0.2) is 6.07 Å². The summed E-state index contributed by atoms with van der Waals surface area (Å²) in [6.45, 7) is 0.165. The van der Waals surface area contributed by atoms with Gasteiger partial charge in [-0.15, -0.1) is 0 Å². The molecule has 18 heavy (non-hydrogen) atoms. The summed E-state index contributed by atoms with van der Waals surface area (Å²) in [6.07, 6.45) is 0.664. The van der Waals surface area contributed by atoms with Crippen LogP contribution in [0, 0.1) is 0 Å². The van der Waals surface area contributed by atoms with E-state index in [9.17, 15) is 9.59 Å². The third-order valence-corrected chi connectivity index (χ3v) is 2.11. The molecule has 0 amide bonds. The molecule has 0 radical (unpaired) electrons. The van der Waals surface area contributed by atoms with E-state index in [-0.39, 0.29) is 23.4 Å². The largest absolute Gasteiger partial charge is 0.464 e. The van der Waals surface area contributed by atoms with Crippen molar-refractivity contribution in [1.82, 2.24) is 9.97 Å². The molecule has 8 heteroatoms. The average molecular weight is 274 g/mol. The minimum Gasteiger partial charge on any atom is -0.464 e. The maximum Gasteiger partial charge on any atom is 0.356 e. The summed E-state index contributed by atoms with van der Waals surface area (Å²) in [5.74, 6) is -0.402. The van der Waals surface area contributed by atoms with E-state index in [1.807, 2.05) is 0 Å². The van der Waals surface area contributed by atoms with Crippen molar-refractivity contribution < 1.29 is 19.1 Å². The number of rotatable bonds is 6. The highest BCUT2D eigenvalue weighted by atomic mass is 35.5. The summed E-state index contributed by atoms with van der Waals surface area (Å²) >= 11 is 5.67. The van der Waals surface area contributed by atoms with Crippen LogP contribution >= 0.6 is 11.6 Å². The molecule has 98 valence electrons. The van der Waals surface area contributed by atoms with E-state index in [0.29, 0.717) is 6.29 Å². The highest BCUT2D eigenvalue weighted by molar-refractivity contribution is 6.28. The number of carbonyl (C=O) groups is 2. The van der Waals surface area contributed by atoms with Crippen molar-refractivity contribution in [3.63, 3.8) is 0 Å². The summed E-state index contributed by atoms with van der Waals surface area (Å²) < 4.78 is 9.35. The lowest BCUT2D eigenvalue weighted by molar-refractivity contribution is -0.109. The fourth-order valence-electron chi connectivity index (χ4n) is 1.19. The Morgan fingerprint density at radius 1 is 1.56 bits per heavy atom. The summed E-state index contributed by atoms with van der Waals surface area (Å²) in [6, 6.07) is 0.746. The van der Waals surface area contributed by atoms with Crippen molar-refractivity contribution in [2.45, 2.75) is 6.04 Å². The van der Waals surface area contributed by atoms with Gasteiger partial charge in [0.05, 0.1) is 13.7 Å². The lowest BCUT2D eigenvalue weighted by Crippen LogP contribution is -2.27. The van der Waals surface area contributed by atoms with E-state index >= 15 is 0 Å².